The van der Waals surface area contributed by atoms with Gasteiger partial charge in [0.2, 0.25) is 0 Å². The van der Waals surface area contributed by atoms with E-state index < -0.39 is 0 Å². The average Bonchev–Trinajstić information content (AvgIpc) is 2.65. The van der Waals surface area contributed by atoms with Crippen molar-refractivity contribution in [3.8, 4) is 0 Å². The molecule has 4 aliphatic rings. The lowest BCUT2D eigenvalue weighted by molar-refractivity contribution is -0.189. The van der Waals surface area contributed by atoms with E-state index in [0.29, 0.717) is 29.8 Å². The Morgan fingerprint density at radius 1 is 1.13 bits per heavy atom. The monoisotopic (exact) mass is 318 g/mol. The van der Waals surface area contributed by atoms with Gasteiger partial charge in [0.25, 0.3) is 0 Å². The van der Waals surface area contributed by atoms with Crippen LogP contribution < -0.4 is 0 Å². The minimum Gasteiger partial charge on any atom is -0.393 e. The van der Waals surface area contributed by atoms with E-state index in [0.717, 1.165) is 32.1 Å². The number of rotatable bonds is 0. The standard InChI is InChI=1S/C20H30O3/c1-11-12-9-13(21)16-19(4)7-6-15(22)18(2,3)14(19)5-8-20(16,10-12)17(11)23/h11-14,16,21H,5-10H2,1-4H3/t11-,12+,13+,14?,16+,19-,20+/m1/s1. The second kappa shape index (κ2) is 4.47. The van der Waals surface area contributed by atoms with Crippen molar-refractivity contribution in [1.29, 1.82) is 0 Å². The van der Waals surface area contributed by atoms with Gasteiger partial charge in [-0.25, -0.2) is 0 Å². The predicted molar refractivity (Wildman–Crippen MR) is 87.7 cm³/mol. The first-order valence-electron chi connectivity index (χ1n) is 9.40. The summed E-state index contributed by atoms with van der Waals surface area (Å²) in [6.45, 7) is 8.52. The lowest BCUT2D eigenvalue weighted by Gasteiger charge is -2.63. The Morgan fingerprint density at radius 3 is 2.52 bits per heavy atom. The lowest BCUT2D eigenvalue weighted by Crippen LogP contribution is -2.62. The van der Waals surface area contributed by atoms with Crippen LogP contribution in [0.25, 0.3) is 0 Å². The van der Waals surface area contributed by atoms with Crippen LogP contribution in [-0.4, -0.2) is 22.8 Å². The molecule has 2 bridgehead atoms. The van der Waals surface area contributed by atoms with Crippen molar-refractivity contribution in [3.05, 3.63) is 0 Å². The van der Waals surface area contributed by atoms with Crippen molar-refractivity contribution in [2.45, 2.75) is 72.3 Å². The molecular weight excluding hydrogens is 288 g/mol. The summed E-state index contributed by atoms with van der Waals surface area (Å²) < 4.78 is 0. The molecule has 1 N–H and O–H groups in total. The fraction of sp³-hybridized carbons (Fsp3) is 0.900. The van der Waals surface area contributed by atoms with Crippen molar-refractivity contribution in [1.82, 2.24) is 0 Å². The Hall–Kier alpha value is -0.700. The molecule has 1 spiro atoms. The highest BCUT2D eigenvalue weighted by Gasteiger charge is 2.70. The van der Waals surface area contributed by atoms with Crippen LogP contribution in [0.4, 0.5) is 0 Å². The van der Waals surface area contributed by atoms with Crippen LogP contribution in [0.1, 0.15) is 66.2 Å². The highest BCUT2D eigenvalue weighted by Crippen LogP contribution is 2.70. The second-order valence-electron chi connectivity index (χ2n) is 9.80. The molecule has 0 amide bonds. The Balaban J connectivity index is 1.83. The molecule has 4 saturated carbocycles. The fourth-order valence-electron chi connectivity index (χ4n) is 7.61. The topological polar surface area (TPSA) is 54.4 Å². The summed E-state index contributed by atoms with van der Waals surface area (Å²) in [4.78, 5) is 25.7. The number of aliphatic hydroxyl groups excluding tert-OH is 1. The van der Waals surface area contributed by atoms with E-state index in [4.69, 9.17) is 0 Å². The summed E-state index contributed by atoms with van der Waals surface area (Å²) >= 11 is 0. The van der Waals surface area contributed by atoms with Crippen LogP contribution in [-0.2, 0) is 9.59 Å². The quantitative estimate of drug-likeness (QED) is 0.745. The number of hydrogen-bond donors (Lipinski definition) is 1. The van der Waals surface area contributed by atoms with Gasteiger partial charge in [-0.2, -0.15) is 0 Å². The summed E-state index contributed by atoms with van der Waals surface area (Å²) in [6.07, 6.45) is 4.66. The third-order valence-corrected chi connectivity index (χ3v) is 8.63. The molecular formula is C20H30O3. The van der Waals surface area contributed by atoms with Crippen LogP contribution in [0.5, 0.6) is 0 Å². The van der Waals surface area contributed by atoms with E-state index in [1.54, 1.807) is 0 Å². The number of ketones is 2. The number of hydrogen-bond acceptors (Lipinski definition) is 3. The first-order chi connectivity index (χ1) is 10.6. The van der Waals surface area contributed by atoms with Crippen LogP contribution in [0.15, 0.2) is 0 Å². The first-order valence-corrected chi connectivity index (χ1v) is 9.40. The molecule has 7 atom stereocenters. The third kappa shape index (κ3) is 1.70. The maximum atomic E-state index is 13.2. The van der Waals surface area contributed by atoms with Gasteiger partial charge in [-0.15, -0.1) is 0 Å². The molecule has 3 heteroatoms. The highest BCUT2D eigenvalue weighted by molar-refractivity contribution is 5.91. The van der Waals surface area contributed by atoms with E-state index in [-0.39, 0.29) is 34.2 Å². The van der Waals surface area contributed by atoms with E-state index in [2.05, 4.69) is 27.7 Å². The summed E-state index contributed by atoms with van der Waals surface area (Å²) in [7, 11) is 0. The van der Waals surface area contributed by atoms with Crippen molar-refractivity contribution >= 4 is 11.6 Å². The maximum Gasteiger partial charge on any atom is 0.142 e. The molecule has 4 aliphatic carbocycles. The zero-order valence-corrected chi connectivity index (χ0v) is 14.9. The molecule has 0 aromatic carbocycles. The minimum atomic E-state index is -0.376. The Kier molecular flexibility index (Phi) is 3.07. The molecule has 3 nitrogen and oxygen atoms in total. The lowest BCUT2D eigenvalue weighted by atomic mass is 9.40. The molecule has 0 aliphatic heterocycles. The molecule has 1 unspecified atom stereocenters. The van der Waals surface area contributed by atoms with Gasteiger partial charge in [0.1, 0.15) is 11.6 Å². The summed E-state index contributed by atoms with van der Waals surface area (Å²) in [5.41, 5.74) is -0.707. The van der Waals surface area contributed by atoms with Crippen LogP contribution >= 0.6 is 0 Å². The summed E-state index contributed by atoms with van der Waals surface area (Å²) in [5.74, 6) is 1.60. The third-order valence-electron chi connectivity index (χ3n) is 8.63. The number of carbonyl (C=O) groups excluding carboxylic acids is 2. The number of Topliss-reactive ketones (excluding diaryl/α,β-unsaturated/α-hetero) is 2. The Bertz CT molecular complexity index is 579. The fourth-order valence-corrected chi connectivity index (χ4v) is 7.61. The van der Waals surface area contributed by atoms with E-state index in [9.17, 15) is 14.7 Å². The van der Waals surface area contributed by atoms with Crippen molar-refractivity contribution in [2.24, 2.45) is 39.9 Å². The molecule has 0 aromatic rings. The second-order valence-corrected chi connectivity index (χ2v) is 9.80. The van der Waals surface area contributed by atoms with Gasteiger partial charge in [-0.1, -0.05) is 27.7 Å². The molecule has 23 heavy (non-hydrogen) atoms. The number of carbonyl (C=O) groups is 2. The van der Waals surface area contributed by atoms with Gasteiger partial charge in [-0.3, -0.25) is 9.59 Å². The number of aliphatic hydroxyl groups is 1. The average molecular weight is 318 g/mol. The van der Waals surface area contributed by atoms with Crippen molar-refractivity contribution in [2.75, 3.05) is 0 Å². The van der Waals surface area contributed by atoms with Gasteiger partial charge in [0, 0.05) is 29.1 Å². The summed E-state index contributed by atoms with van der Waals surface area (Å²) in [5, 5.41) is 11.0. The van der Waals surface area contributed by atoms with Crippen LogP contribution in [0.3, 0.4) is 0 Å². The number of fused-ring (bicyclic) bond motifs is 3. The van der Waals surface area contributed by atoms with E-state index >= 15 is 0 Å². The largest absolute Gasteiger partial charge is 0.393 e. The molecule has 0 saturated heterocycles. The Labute approximate surface area is 139 Å². The zero-order valence-electron chi connectivity index (χ0n) is 14.9. The van der Waals surface area contributed by atoms with Gasteiger partial charge < -0.3 is 5.11 Å². The predicted octanol–water partition coefficient (Wildman–Crippen LogP) is 3.38. The molecule has 0 aromatic heterocycles. The first kappa shape index (κ1) is 15.8. The zero-order chi connectivity index (χ0) is 16.8. The molecule has 0 radical (unpaired) electrons. The van der Waals surface area contributed by atoms with Gasteiger partial charge >= 0.3 is 0 Å². The smallest absolute Gasteiger partial charge is 0.142 e. The molecule has 4 rings (SSSR count). The molecule has 0 heterocycles. The van der Waals surface area contributed by atoms with Crippen LogP contribution in [0, 0.1) is 39.9 Å². The van der Waals surface area contributed by atoms with Gasteiger partial charge in [-0.05, 0) is 49.4 Å². The normalized spacial score (nSPS) is 54.6. The van der Waals surface area contributed by atoms with E-state index in [1.165, 1.54) is 0 Å². The SMILES string of the molecule is C[C@H]1C(=O)[C@]23CCC4C(C)(C)C(=O)CC[C@@]4(C)[C@@H]2[C@@H](O)C[C@H]1C3. The van der Waals surface area contributed by atoms with Crippen molar-refractivity contribution in [3.63, 3.8) is 0 Å². The molecule has 4 fully saturated rings. The Morgan fingerprint density at radius 2 is 1.83 bits per heavy atom. The van der Waals surface area contributed by atoms with E-state index in [1.807, 2.05) is 0 Å². The maximum absolute atomic E-state index is 13.2. The van der Waals surface area contributed by atoms with Crippen LogP contribution in [0.2, 0.25) is 0 Å². The van der Waals surface area contributed by atoms with Crippen molar-refractivity contribution < 1.29 is 14.7 Å². The van der Waals surface area contributed by atoms with Gasteiger partial charge in [0.15, 0.2) is 0 Å². The molecule has 128 valence electrons. The van der Waals surface area contributed by atoms with Gasteiger partial charge in [0.05, 0.1) is 6.10 Å². The highest BCUT2D eigenvalue weighted by atomic mass is 16.3. The minimum absolute atomic E-state index is 0.0508. The summed E-state index contributed by atoms with van der Waals surface area (Å²) in [6, 6.07) is 0.